The van der Waals surface area contributed by atoms with E-state index in [1.807, 2.05) is 30.6 Å². The van der Waals surface area contributed by atoms with Crippen LogP contribution in [0.4, 0.5) is 0 Å². The molecule has 0 bridgehead atoms. The fourth-order valence-corrected chi connectivity index (χ4v) is 5.48. The van der Waals surface area contributed by atoms with Gasteiger partial charge in [0, 0.05) is 30.6 Å². The van der Waals surface area contributed by atoms with Gasteiger partial charge in [-0.2, -0.15) is 0 Å². The van der Waals surface area contributed by atoms with Crippen LogP contribution < -0.4 is 10.1 Å². The number of nitrogens with one attached hydrogen (secondary N) is 1. The summed E-state index contributed by atoms with van der Waals surface area (Å²) >= 11 is 3.30. The molecule has 1 aromatic carbocycles. The number of imidazole rings is 1. The molecule has 5 rings (SSSR count). The minimum absolute atomic E-state index is 0.0121. The zero-order chi connectivity index (χ0) is 19.1. The number of ether oxygens (including phenoxy) is 1. The van der Waals surface area contributed by atoms with Crippen molar-refractivity contribution in [2.75, 3.05) is 6.61 Å². The maximum Gasteiger partial charge on any atom is 0.258 e. The molecule has 0 radical (unpaired) electrons. The average molecular weight is 413 g/mol. The van der Waals surface area contributed by atoms with Gasteiger partial charge in [-0.25, -0.2) is 9.97 Å². The number of carbonyl (C=O) groups is 1. The molecule has 1 amide bonds. The molecular weight excluding hydrogens is 392 g/mol. The van der Waals surface area contributed by atoms with Gasteiger partial charge in [0.25, 0.3) is 5.91 Å². The van der Waals surface area contributed by atoms with Crippen LogP contribution in [0.15, 0.2) is 23.7 Å². The number of nitrogens with zero attached hydrogens (tertiary/aromatic N) is 3. The van der Waals surface area contributed by atoms with Crippen LogP contribution in [0.3, 0.4) is 0 Å². The Morgan fingerprint density at radius 3 is 3.18 bits per heavy atom. The summed E-state index contributed by atoms with van der Waals surface area (Å²) in [5.41, 5.74) is 1.93. The van der Waals surface area contributed by atoms with Crippen LogP contribution >= 0.6 is 22.7 Å². The molecule has 0 aliphatic carbocycles. The summed E-state index contributed by atoms with van der Waals surface area (Å²) in [6, 6.07) is 4.02. The molecule has 8 heteroatoms. The maximum atomic E-state index is 12.3. The van der Waals surface area contributed by atoms with Gasteiger partial charge in [-0.05, 0) is 31.2 Å². The lowest BCUT2D eigenvalue weighted by Gasteiger charge is -2.11. The van der Waals surface area contributed by atoms with E-state index in [1.165, 1.54) is 12.8 Å². The Labute approximate surface area is 170 Å². The zero-order valence-electron chi connectivity index (χ0n) is 15.5. The maximum absolute atomic E-state index is 12.3. The first-order chi connectivity index (χ1) is 13.7. The Hall–Kier alpha value is -2.45. The van der Waals surface area contributed by atoms with Crippen molar-refractivity contribution in [1.29, 1.82) is 0 Å². The monoisotopic (exact) mass is 412 g/mol. The highest BCUT2D eigenvalue weighted by Crippen LogP contribution is 2.38. The topological polar surface area (TPSA) is 69.0 Å². The third kappa shape index (κ3) is 3.27. The largest absolute Gasteiger partial charge is 0.483 e. The molecule has 28 heavy (non-hydrogen) atoms. The molecule has 0 fully saturated rings. The molecule has 1 N–H and O–H groups in total. The van der Waals surface area contributed by atoms with Gasteiger partial charge in [0.15, 0.2) is 6.61 Å². The third-order valence-electron chi connectivity index (χ3n) is 4.95. The fourth-order valence-electron chi connectivity index (χ4n) is 3.65. The first-order valence-electron chi connectivity index (χ1n) is 9.39. The number of carbonyl (C=O) groups excluding carboxylic acids is 1. The van der Waals surface area contributed by atoms with Crippen LogP contribution in [0.5, 0.6) is 5.75 Å². The Morgan fingerprint density at radius 1 is 1.36 bits per heavy atom. The highest BCUT2D eigenvalue weighted by Gasteiger charge is 2.15. The van der Waals surface area contributed by atoms with Gasteiger partial charge < -0.3 is 14.6 Å². The number of thiazole rings is 1. The predicted octanol–water partition coefficient (Wildman–Crippen LogP) is 4.05. The molecule has 1 aliphatic heterocycles. The predicted molar refractivity (Wildman–Crippen MR) is 112 cm³/mol. The van der Waals surface area contributed by atoms with Gasteiger partial charge in [0.1, 0.15) is 11.6 Å². The van der Waals surface area contributed by atoms with Crippen LogP contribution in [0.25, 0.3) is 20.3 Å². The molecule has 0 unspecified atom stereocenters. The lowest BCUT2D eigenvalue weighted by Crippen LogP contribution is -2.28. The summed E-state index contributed by atoms with van der Waals surface area (Å²) in [5.74, 6) is 1.72. The number of hydrogen-bond acceptors (Lipinski definition) is 6. The van der Waals surface area contributed by atoms with Gasteiger partial charge in [0.05, 0.1) is 32.2 Å². The standard InChI is InChI=1S/C20H20N4O2S2/c1-12-22-19-16(28-12)8-15(14-5-7-27-20(14)19)26-11-18(25)21-9-13-10-24-6-3-2-4-17(24)23-13/h5,7-8,10H,2-4,6,9,11H2,1H3,(H,21,25). The van der Waals surface area contributed by atoms with Crippen LogP contribution in [-0.2, 0) is 24.3 Å². The summed E-state index contributed by atoms with van der Waals surface area (Å²) in [6.07, 6.45) is 5.46. The molecular formula is C20H20N4O2S2. The fraction of sp³-hybridized carbons (Fsp3) is 0.350. The molecule has 0 saturated heterocycles. The minimum Gasteiger partial charge on any atom is -0.483 e. The van der Waals surface area contributed by atoms with E-state index in [0.29, 0.717) is 6.54 Å². The Kier molecular flexibility index (Phi) is 4.52. The van der Waals surface area contributed by atoms with Crippen LogP contribution in [0.1, 0.15) is 29.4 Å². The average Bonchev–Trinajstić information content (AvgIpc) is 3.40. The molecule has 3 aromatic heterocycles. The number of thiophene rings is 1. The van der Waals surface area contributed by atoms with E-state index in [1.54, 1.807) is 22.7 Å². The van der Waals surface area contributed by atoms with E-state index in [-0.39, 0.29) is 12.5 Å². The Balaban J connectivity index is 1.26. The van der Waals surface area contributed by atoms with Gasteiger partial charge in [-0.15, -0.1) is 22.7 Å². The van der Waals surface area contributed by atoms with E-state index in [0.717, 1.165) is 55.5 Å². The number of amides is 1. The van der Waals surface area contributed by atoms with Crippen molar-refractivity contribution in [2.45, 2.75) is 39.3 Å². The summed E-state index contributed by atoms with van der Waals surface area (Å²) in [6.45, 7) is 3.45. The SMILES string of the molecule is Cc1nc2c(cc(OCC(=O)NCc3cn4c(n3)CCCC4)c3ccsc32)s1. The summed E-state index contributed by atoms with van der Waals surface area (Å²) < 4.78 is 10.3. The van der Waals surface area contributed by atoms with Gasteiger partial charge in [-0.1, -0.05) is 0 Å². The highest BCUT2D eigenvalue weighted by molar-refractivity contribution is 7.21. The first kappa shape index (κ1) is 17.6. The third-order valence-corrected chi connectivity index (χ3v) is 6.79. The van der Waals surface area contributed by atoms with Crippen LogP contribution in [-0.4, -0.2) is 27.0 Å². The van der Waals surface area contributed by atoms with E-state index >= 15 is 0 Å². The van der Waals surface area contributed by atoms with Crippen molar-refractivity contribution in [3.63, 3.8) is 0 Å². The van der Waals surface area contributed by atoms with E-state index in [9.17, 15) is 4.79 Å². The van der Waals surface area contributed by atoms with Gasteiger partial charge in [-0.3, -0.25) is 4.79 Å². The number of aromatic nitrogens is 3. The molecule has 4 heterocycles. The number of benzene rings is 1. The van der Waals surface area contributed by atoms with Crippen LogP contribution in [0.2, 0.25) is 0 Å². The van der Waals surface area contributed by atoms with Gasteiger partial charge in [0.2, 0.25) is 0 Å². The summed E-state index contributed by atoms with van der Waals surface area (Å²) in [7, 11) is 0. The molecule has 0 atom stereocenters. The first-order valence-corrected chi connectivity index (χ1v) is 11.1. The second-order valence-corrected chi connectivity index (χ2v) is 9.13. The molecule has 0 saturated carbocycles. The molecule has 4 aromatic rings. The number of fused-ring (bicyclic) bond motifs is 4. The number of aryl methyl sites for hydroxylation is 3. The molecule has 6 nitrogen and oxygen atoms in total. The minimum atomic E-state index is -0.144. The smallest absolute Gasteiger partial charge is 0.258 e. The second-order valence-electron chi connectivity index (χ2n) is 6.98. The van der Waals surface area contributed by atoms with Crippen molar-refractivity contribution in [3.8, 4) is 5.75 Å². The Bertz CT molecular complexity index is 1150. The van der Waals surface area contributed by atoms with Crippen molar-refractivity contribution < 1.29 is 9.53 Å². The van der Waals surface area contributed by atoms with E-state index in [4.69, 9.17) is 4.74 Å². The van der Waals surface area contributed by atoms with Crippen molar-refractivity contribution in [3.05, 3.63) is 40.2 Å². The molecule has 0 spiro atoms. The summed E-state index contributed by atoms with van der Waals surface area (Å²) in [4.78, 5) is 21.5. The van der Waals surface area contributed by atoms with Crippen molar-refractivity contribution in [2.24, 2.45) is 0 Å². The van der Waals surface area contributed by atoms with Gasteiger partial charge >= 0.3 is 0 Å². The van der Waals surface area contributed by atoms with E-state index < -0.39 is 0 Å². The second kappa shape index (κ2) is 7.18. The normalized spacial score (nSPS) is 13.8. The quantitative estimate of drug-likeness (QED) is 0.537. The van der Waals surface area contributed by atoms with Crippen LogP contribution in [0, 0.1) is 6.92 Å². The Morgan fingerprint density at radius 2 is 2.29 bits per heavy atom. The number of hydrogen-bond donors (Lipinski definition) is 1. The lowest BCUT2D eigenvalue weighted by molar-refractivity contribution is -0.123. The van der Waals surface area contributed by atoms with Crippen molar-refractivity contribution in [1.82, 2.24) is 19.9 Å². The zero-order valence-corrected chi connectivity index (χ0v) is 17.2. The van der Waals surface area contributed by atoms with E-state index in [2.05, 4.69) is 19.9 Å². The van der Waals surface area contributed by atoms with Crippen molar-refractivity contribution >= 4 is 48.9 Å². The summed E-state index contributed by atoms with van der Waals surface area (Å²) in [5, 5.41) is 6.99. The molecule has 1 aliphatic rings. The molecule has 144 valence electrons. The number of rotatable bonds is 5. The highest BCUT2D eigenvalue weighted by atomic mass is 32.1. The lowest BCUT2D eigenvalue weighted by atomic mass is 10.2.